The summed E-state index contributed by atoms with van der Waals surface area (Å²) in [5, 5.41) is 8.54. The Kier molecular flexibility index (Phi) is 5.89. The van der Waals surface area contributed by atoms with Crippen molar-refractivity contribution in [2.24, 2.45) is 0 Å². The molecule has 8 heteroatoms. The fraction of sp³-hybridized carbons (Fsp3) is 0.500. The lowest BCUT2D eigenvalue weighted by atomic mass is 10.0. The SMILES string of the molecule is CC(C)c1ccc(CSc2nnc(S[C@H]3CCS(=O)(=O)C3)s2)cc1. The van der Waals surface area contributed by atoms with Crippen LogP contribution in [-0.2, 0) is 15.6 Å². The maximum Gasteiger partial charge on any atom is 0.175 e. The molecule has 0 radical (unpaired) electrons. The Balaban J connectivity index is 1.52. The highest BCUT2D eigenvalue weighted by molar-refractivity contribution is 8.04. The molecule has 0 spiro atoms. The summed E-state index contributed by atoms with van der Waals surface area (Å²) in [7, 11) is -2.83. The number of benzene rings is 1. The minimum absolute atomic E-state index is 0.129. The summed E-state index contributed by atoms with van der Waals surface area (Å²) in [5.74, 6) is 1.99. The van der Waals surface area contributed by atoms with Crippen molar-refractivity contribution in [2.45, 2.75) is 45.9 Å². The molecule has 1 fully saturated rings. The number of nitrogens with zero attached hydrogens (tertiary/aromatic N) is 2. The van der Waals surface area contributed by atoms with Gasteiger partial charge in [0.1, 0.15) is 0 Å². The second-order valence-electron chi connectivity index (χ2n) is 6.16. The van der Waals surface area contributed by atoms with Gasteiger partial charge in [-0.05, 0) is 23.5 Å². The lowest BCUT2D eigenvalue weighted by Crippen LogP contribution is -2.05. The summed E-state index contributed by atoms with van der Waals surface area (Å²) in [6.45, 7) is 4.39. The number of hydrogen-bond acceptors (Lipinski definition) is 7. The van der Waals surface area contributed by atoms with Crippen molar-refractivity contribution in [3.8, 4) is 0 Å². The van der Waals surface area contributed by atoms with Crippen LogP contribution in [0.5, 0.6) is 0 Å². The molecule has 4 nitrogen and oxygen atoms in total. The lowest BCUT2D eigenvalue weighted by molar-refractivity contribution is 0.602. The van der Waals surface area contributed by atoms with Gasteiger partial charge in [0.2, 0.25) is 0 Å². The van der Waals surface area contributed by atoms with Crippen molar-refractivity contribution in [3.63, 3.8) is 0 Å². The Labute approximate surface area is 155 Å². The average molecular weight is 401 g/mol. The van der Waals surface area contributed by atoms with Crippen LogP contribution in [0.1, 0.15) is 37.3 Å². The van der Waals surface area contributed by atoms with Crippen molar-refractivity contribution in [2.75, 3.05) is 11.5 Å². The van der Waals surface area contributed by atoms with E-state index >= 15 is 0 Å². The summed E-state index contributed by atoms with van der Waals surface area (Å²) in [6.07, 6.45) is 0.720. The Hall–Kier alpha value is -0.570. The van der Waals surface area contributed by atoms with E-state index in [9.17, 15) is 8.42 Å². The third kappa shape index (κ3) is 4.97. The zero-order valence-corrected chi connectivity index (χ0v) is 16.9. The normalized spacial score (nSPS) is 19.9. The molecule has 0 amide bonds. The zero-order valence-electron chi connectivity index (χ0n) is 13.6. The van der Waals surface area contributed by atoms with E-state index in [1.54, 1.807) is 34.9 Å². The number of thioether (sulfide) groups is 2. The Morgan fingerprint density at radius 2 is 1.92 bits per heavy atom. The molecule has 0 aliphatic carbocycles. The number of rotatable bonds is 6. The van der Waals surface area contributed by atoms with Gasteiger partial charge < -0.3 is 0 Å². The van der Waals surface area contributed by atoms with Crippen LogP contribution >= 0.6 is 34.9 Å². The molecule has 1 aromatic carbocycles. The maximum absolute atomic E-state index is 11.5. The monoisotopic (exact) mass is 400 g/mol. The van der Waals surface area contributed by atoms with E-state index in [1.807, 2.05) is 0 Å². The van der Waals surface area contributed by atoms with Gasteiger partial charge >= 0.3 is 0 Å². The highest BCUT2D eigenvalue weighted by atomic mass is 32.2. The fourth-order valence-electron chi connectivity index (χ4n) is 2.44. The first kappa shape index (κ1) is 18.2. The summed E-state index contributed by atoms with van der Waals surface area (Å²) in [5.41, 5.74) is 2.63. The van der Waals surface area contributed by atoms with E-state index in [0.717, 1.165) is 20.9 Å². The van der Waals surface area contributed by atoms with Crippen molar-refractivity contribution in [1.29, 1.82) is 0 Å². The number of sulfone groups is 1. The van der Waals surface area contributed by atoms with Crippen LogP contribution in [-0.4, -0.2) is 35.4 Å². The first-order valence-electron chi connectivity index (χ1n) is 7.83. The van der Waals surface area contributed by atoms with Crippen LogP contribution in [0.15, 0.2) is 32.9 Å². The molecule has 0 bridgehead atoms. The van der Waals surface area contributed by atoms with Crippen LogP contribution in [0.4, 0.5) is 0 Å². The molecule has 130 valence electrons. The summed E-state index contributed by atoms with van der Waals surface area (Å²) in [6, 6.07) is 8.70. The molecule has 0 saturated carbocycles. The standard InChI is InChI=1S/C16H20N2O2S4/c1-11(2)13-5-3-12(4-6-13)9-21-15-17-18-16(23-15)22-14-7-8-24(19,20)10-14/h3-6,11,14H,7-10H2,1-2H3/t14-/m0/s1. The lowest BCUT2D eigenvalue weighted by Gasteiger charge is -2.06. The van der Waals surface area contributed by atoms with Gasteiger partial charge in [-0.1, -0.05) is 73.0 Å². The van der Waals surface area contributed by atoms with Crippen molar-refractivity contribution in [1.82, 2.24) is 10.2 Å². The van der Waals surface area contributed by atoms with Gasteiger partial charge in [-0.3, -0.25) is 0 Å². The quantitative estimate of drug-likeness (QED) is 0.676. The van der Waals surface area contributed by atoms with Gasteiger partial charge in [-0.15, -0.1) is 10.2 Å². The highest BCUT2D eigenvalue weighted by Gasteiger charge is 2.29. The topological polar surface area (TPSA) is 59.9 Å². The minimum atomic E-state index is -2.83. The van der Waals surface area contributed by atoms with Gasteiger partial charge in [0, 0.05) is 11.0 Å². The first-order chi connectivity index (χ1) is 11.4. The first-order valence-corrected chi connectivity index (χ1v) is 12.3. The van der Waals surface area contributed by atoms with Crippen LogP contribution in [0.2, 0.25) is 0 Å². The molecule has 2 heterocycles. The van der Waals surface area contributed by atoms with Gasteiger partial charge in [-0.25, -0.2) is 8.42 Å². The van der Waals surface area contributed by atoms with E-state index in [2.05, 4.69) is 48.3 Å². The van der Waals surface area contributed by atoms with Crippen LogP contribution in [0.25, 0.3) is 0 Å². The molecule has 1 aliphatic rings. The van der Waals surface area contributed by atoms with Gasteiger partial charge in [-0.2, -0.15) is 0 Å². The second kappa shape index (κ2) is 7.76. The molecule has 0 unspecified atom stereocenters. The van der Waals surface area contributed by atoms with E-state index < -0.39 is 9.84 Å². The molecule has 24 heavy (non-hydrogen) atoms. The van der Waals surface area contributed by atoms with Crippen molar-refractivity contribution >= 4 is 44.7 Å². The van der Waals surface area contributed by atoms with Crippen LogP contribution < -0.4 is 0 Å². The molecule has 0 N–H and O–H groups in total. The second-order valence-corrected chi connectivity index (χ2v) is 12.1. The summed E-state index contributed by atoms with van der Waals surface area (Å²) < 4.78 is 24.8. The summed E-state index contributed by atoms with van der Waals surface area (Å²) >= 11 is 4.79. The van der Waals surface area contributed by atoms with Crippen molar-refractivity contribution < 1.29 is 8.42 Å². The molecular weight excluding hydrogens is 380 g/mol. The Morgan fingerprint density at radius 1 is 1.21 bits per heavy atom. The molecule has 3 rings (SSSR count). The Morgan fingerprint density at radius 3 is 2.54 bits per heavy atom. The van der Waals surface area contributed by atoms with E-state index in [4.69, 9.17) is 0 Å². The van der Waals surface area contributed by atoms with Crippen LogP contribution in [0, 0.1) is 0 Å². The Bertz CT molecular complexity index is 785. The van der Waals surface area contributed by atoms with Gasteiger partial charge in [0.25, 0.3) is 0 Å². The molecule has 1 aliphatic heterocycles. The predicted molar refractivity (Wildman–Crippen MR) is 103 cm³/mol. The molecule has 1 atom stereocenters. The highest BCUT2D eigenvalue weighted by Crippen LogP contribution is 2.36. The number of aromatic nitrogens is 2. The third-order valence-electron chi connectivity index (χ3n) is 3.85. The smallest absolute Gasteiger partial charge is 0.175 e. The number of hydrogen-bond donors (Lipinski definition) is 0. The van der Waals surface area contributed by atoms with E-state index in [0.29, 0.717) is 11.7 Å². The largest absolute Gasteiger partial charge is 0.229 e. The van der Waals surface area contributed by atoms with E-state index in [-0.39, 0.29) is 11.0 Å². The average Bonchev–Trinajstić information content (AvgIpc) is 3.12. The van der Waals surface area contributed by atoms with Crippen molar-refractivity contribution in [3.05, 3.63) is 35.4 Å². The molecule has 2 aromatic rings. The maximum atomic E-state index is 11.5. The zero-order chi connectivity index (χ0) is 17.2. The van der Waals surface area contributed by atoms with E-state index in [1.165, 1.54) is 11.1 Å². The van der Waals surface area contributed by atoms with Crippen LogP contribution in [0.3, 0.4) is 0 Å². The molecule has 1 aromatic heterocycles. The third-order valence-corrected chi connectivity index (χ3v) is 9.31. The molecular formula is C16H20N2O2S4. The predicted octanol–water partition coefficient (Wildman–Crippen LogP) is 4.23. The van der Waals surface area contributed by atoms with Gasteiger partial charge in [0.15, 0.2) is 18.5 Å². The minimum Gasteiger partial charge on any atom is -0.229 e. The summed E-state index contributed by atoms with van der Waals surface area (Å²) in [4.78, 5) is 0. The molecule has 1 saturated heterocycles. The fourth-order valence-corrected chi connectivity index (χ4v) is 8.18. The van der Waals surface area contributed by atoms with Gasteiger partial charge in [0.05, 0.1) is 11.5 Å².